The normalized spacial score (nSPS) is 14.7. The van der Waals surface area contributed by atoms with Crippen molar-refractivity contribution >= 4 is 5.82 Å². The van der Waals surface area contributed by atoms with E-state index in [9.17, 15) is 5.11 Å². The molecule has 0 saturated heterocycles. The molecule has 1 aromatic heterocycles. The molecule has 6 nitrogen and oxygen atoms in total. The third-order valence-corrected chi connectivity index (χ3v) is 3.77. The van der Waals surface area contributed by atoms with Crippen molar-refractivity contribution in [2.75, 3.05) is 19.4 Å². The fourth-order valence-electron chi connectivity index (χ4n) is 2.66. The van der Waals surface area contributed by atoms with Crippen LogP contribution in [0.2, 0.25) is 0 Å². The van der Waals surface area contributed by atoms with Crippen molar-refractivity contribution in [2.24, 2.45) is 0 Å². The van der Waals surface area contributed by atoms with E-state index in [-0.39, 0.29) is 5.75 Å². The van der Waals surface area contributed by atoms with Gasteiger partial charge in [0.1, 0.15) is 12.1 Å². The molecule has 0 aliphatic carbocycles. The van der Waals surface area contributed by atoms with Crippen LogP contribution in [0.1, 0.15) is 16.8 Å². The predicted molar refractivity (Wildman–Crippen MR) is 78.9 cm³/mol. The Labute approximate surface area is 123 Å². The zero-order valence-electron chi connectivity index (χ0n) is 11.9. The topological polar surface area (TPSA) is 84.5 Å². The second-order valence-electron chi connectivity index (χ2n) is 5.15. The molecule has 2 aromatic rings. The van der Waals surface area contributed by atoms with E-state index in [0.29, 0.717) is 11.6 Å². The highest BCUT2D eigenvalue weighted by Gasteiger charge is 2.20. The molecular weight excluding hydrogens is 268 g/mol. The number of hydrogen-bond acceptors (Lipinski definition) is 6. The van der Waals surface area contributed by atoms with Crippen LogP contribution in [0.25, 0.3) is 0 Å². The van der Waals surface area contributed by atoms with Crippen molar-refractivity contribution in [3.8, 4) is 11.5 Å². The Morgan fingerprint density at radius 3 is 3.00 bits per heavy atom. The number of nitrogen functional groups attached to an aromatic ring is 1. The number of nitrogens with zero attached hydrogens (tertiary/aromatic N) is 3. The smallest absolute Gasteiger partial charge is 0.160 e. The molecule has 0 fully saturated rings. The molecule has 0 atom stereocenters. The third kappa shape index (κ3) is 2.75. The number of benzene rings is 1. The molecule has 1 aliphatic rings. The van der Waals surface area contributed by atoms with Gasteiger partial charge in [0, 0.05) is 25.2 Å². The summed E-state index contributed by atoms with van der Waals surface area (Å²) in [6.07, 6.45) is 2.36. The van der Waals surface area contributed by atoms with E-state index in [1.807, 2.05) is 6.07 Å². The monoisotopic (exact) mass is 286 g/mol. The summed E-state index contributed by atoms with van der Waals surface area (Å²) in [6, 6.07) is 5.48. The Hall–Kier alpha value is -2.34. The molecule has 0 saturated carbocycles. The van der Waals surface area contributed by atoms with Gasteiger partial charge in [0.15, 0.2) is 11.5 Å². The average molecular weight is 286 g/mol. The van der Waals surface area contributed by atoms with Gasteiger partial charge < -0.3 is 15.6 Å². The van der Waals surface area contributed by atoms with Crippen molar-refractivity contribution in [1.82, 2.24) is 14.9 Å². The first-order valence-corrected chi connectivity index (χ1v) is 6.84. The zero-order valence-corrected chi connectivity index (χ0v) is 11.9. The molecule has 0 bridgehead atoms. The first-order valence-electron chi connectivity index (χ1n) is 6.84. The minimum absolute atomic E-state index is 0.166. The van der Waals surface area contributed by atoms with Crippen LogP contribution in [-0.2, 0) is 19.5 Å². The first-order chi connectivity index (χ1) is 10.2. The van der Waals surface area contributed by atoms with Crippen molar-refractivity contribution in [3.63, 3.8) is 0 Å². The zero-order chi connectivity index (χ0) is 14.8. The van der Waals surface area contributed by atoms with Gasteiger partial charge in [-0.25, -0.2) is 9.97 Å². The fraction of sp³-hybridized carbons (Fsp3) is 0.333. The van der Waals surface area contributed by atoms with E-state index in [1.54, 1.807) is 19.2 Å². The minimum Gasteiger partial charge on any atom is -0.504 e. The molecule has 3 N–H and O–H groups in total. The highest BCUT2D eigenvalue weighted by Crippen LogP contribution is 2.28. The number of ether oxygens (including phenoxy) is 1. The summed E-state index contributed by atoms with van der Waals surface area (Å²) in [4.78, 5) is 10.6. The molecule has 110 valence electrons. The van der Waals surface area contributed by atoms with Crippen LogP contribution in [0, 0.1) is 0 Å². The Bertz CT molecular complexity index is 660. The van der Waals surface area contributed by atoms with Crippen molar-refractivity contribution in [1.29, 1.82) is 0 Å². The Morgan fingerprint density at radius 2 is 2.24 bits per heavy atom. The second-order valence-corrected chi connectivity index (χ2v) is 5.15. The van der Waals surface area contributed by atoms with Crippen molar-refractivity contribution in [3.05, 3.63) is 41.3 Å². The number of methoxy groups -OCH3 is 1. The van der Waals surface area contributed by atoms with Gasteiger partial charge in [-0.2, -0.15) is 0 Å². The number of aromatic nitrogens is 2. The summed E-state index contributed by atoms with van der Waals surface area (Å²) in [7, 11) is 1.54. The van der Waals surface area contributed by atoms with E-state index in [4.69, 9.17) is 10.5 Å². The summed E-state index contributed by atoms with van der Waals surface area (Å²) in [5.74, 6) is 1.24. The Kier molecular flexibility index (Phi) is 3.62. The summed E-state index contributed by atoms with van der Waals surface area (Å²) >= 11 is 0. The molecule has 1 aliphatic heterocycles. The fourth-order valence-corrected chi connectivity index (χ4v) is 2.66. The minimum atomic E-state index is 0.166. The summed E-state index contributed by atoms with van der Waals surface area (Å²) < 4.78 is 5.06. The quantitative estimate of drug-likeness (QED) is 0.885. The SMILES string of the molecule is COc1ccc(CN2CCc3c(N)ncnc3C2)cc1O. The molecule has 0 radical (unpaired) electrons. The van der Waals surface area contributed by atoms with E-state index in [1.165, 1.54) is 6.33 Å². The lowest BCUT2D eigenvalue weighted by Gasteiger charge is -2.28. The van der Waals surface area contributed by atoms with Crippen LogP contribution >= 0.6 is 0 Å². The highest BCUT2D eigenvalue weighted by molar-refractivity contribution is 5.43. The maximum atomic E-state index is 9.83. The molecule has 0 unspecified atom stereocenters. The van der Waals surface area contributed by atoms with Gasteiger partial charge in [-0.1, -0.05) is 6.07 Å². The molecule has 0 amide bonds. The molecule has 3 rings (SSSR count). The average Bonchev–Trinajstić information content (AvgIpc) is 2.48. The molecule has 2 heterocycles. The van der Waals surface area contributed by atoms with Crippen molar-refractivity contribution in [2.45, 2.75) is 19.5 Å². The number of fused-ring (bicyclic) bond motifs is 1. The highest BCUT2D eigenvalue weighted by atomic mass is 16.5. The number of hydrogen-bond donors (Lipinski definition) is 2. The molecule has 6 heteroatoms. The van der Waals surface area contributed by atoms with Crippen LogP contribution < -0.4 is 10.5 Å². The van der Waals surface area contributed by atoms with Gasteiger partial charge in [0.05, 0.1) is 12.8 Å². The summed E-state index contributed by atoms with van der Waals surface area (Å²) in [5.41, 5.74) is 8.97. The molecule has 21 heavy (non-hydrogen) atoms. The van der Waals surface area contributed by atoms with Gasteiger partial charge in [-0.3, -0.25) is 4.90 Å². The maximum absolute atomic E-state index is 9.83. The Morgan fingerprint density at radius 1 is 1.38 bits per heavy atom. The van der Waals surface area contributed by atoms with E-state index in [0.717, 1.165) is 42.9 Å². The van der Waals surface area contributed by atoms with Crippen LogP contribution in [0.5, 0.6) is 11.5 Å². The maximum Gasteiger partial charge on any atom is 0.160 e. The van der Waals surface area contributed by atoms with E-state index >= 15 is 0 Å². The molecular formula is C15H18N4O2. The number of anilines is 1. The van der Waals surface area contributed by atoms with Crippen LogP contribution in [0.3, 0.4) is 0 Å². The van der Waals surface area contributed by atoms with E-state index in [2.05, 4.69) is 14.9 Å². The van der Waals surface area contributed by atoms with Gasteiger partial charge in [0.25, 0.3) is 0 Å². The van der Waals surface area contributed by atoms with Crippen LogP contribution in [0.15, 0.2) is 24.5 Å². The summed E-state index contributed by atoms with van der Waals surface area (Å²) in [5, 5.41) is 9.83. The van der Waals surface area contributed by atoms with Gasteiger partial charge >= 0.3 is 0 Å². The molecule has 1 aromatic carbocycles. The molecule has 0 spiro atoms. The second kappa shape index (κ2) is 5.57. The number of phenols is 1. The number of aromatic hydroxyl groups is 1. The van der Waals surface area contributed by atoms with Crippen LogP contribution in [-0.4, -0.2) is 33.6 Å². The lowest BCUT2D eigenvalue weighted by Crippen LogP contribution is -2.31. The largest absolute Gasteiger partial charge is 0.504 e. The van der Waals surface area contributed by atoms with Gasteiger partial charge in [-0.15, -0.1) is 0 Å². The lowest BCUT2D eigenvalue weighted by atomic mass is 10.0. The predicted octanol–water partition coefficient (Wildman–Crippen LogP) is 1.33. The lowest BCUT2D eigenvalue weighted by molar-refractivity contribution is 0.241. The number of rotatable bonds is 3. The first kappa shape index (κ1) is 13.6. The van der Waals surface area contributed by atoms with Gasteiger partial charge in [0.2, 0.25) is 0 Å². The van der Waals surface area contributed by atoms with Crippen LogP contribution in [0.4, 0.5) is 5.82 Å². The Balaban J connectivity index is 1.74. The standard InChI is InChI=1S/C15H18N4O2/c1-21-14-3-2-10(6-13(14)20)7-19-5-4-11-12(8-19)17-9-18-15(11)16/h2-3,6,9,20H,4-5,7-8H2,1H3,(H2,16,17,18). The van der Waals surface area contributed by atoms with E-state index < -0.39 is 0 Å². The number of phenolic OH excluding ortho intramolecular Hbond substituents is 1. The van der Waals surface area contributed by atoms with Crippen molar-refractivity contribution < 1.29 is 9.84 Å². The number of nitrogens with two attached hydrogens (primary N) is 1. The third-order valence-electron chi connectivity index (χ3n) is 3.77. The van der Waals surface area contributed by atoms with Gasteiger partial charge in [-0.05, 0) is 24.1 Å². The summed E-state index contributed by atoms with van der Waals surface area (Å²) in [6.45, 7) is 2.40.